The van der Waals surface area contributed by atoms with E-state index in [0.717, 1.165) is 17.7 Å². The minimum Gasteiger partial charge on any atom is -0.493 e. The number of carbonyl (C=O) groups is 1. The summed E-state index contributed by atoms with van der Waals surface area (Å²) in [4.78, 5) is 38.3. The second-order valence-corrected chi connectivity index (χ2v) is 17.2. The van der Waals surface area contributed by atoms with E-state index in [-0.39, 0.29) is 60.0 Å². The number of nitrogens with two attached hydrogens (primary N) is 4. The molecule has 364 valence electrons. The Morgan fingerprint density at radius 3 is 1.91 bits per heavy atom. The zero-order valence-electron chi connectivity index (χ0n) is 37.8. The normalized spacial score (nSPS) is 20.8. The molecular formula is C42H62Cl3N13O8. The maximum atomic E-state index is 13.3. The van der Waals surface area contributed by atoms with Crippen LogP contribution in [0.15, 0.2) is 55.0 Å². The van der Waals surface area contributed by atoms with E-state index < -0.39 is 23.8 Å². The lowest BCUT2D eigenvalue weighted by molar-refractivity contribution is -0.145. The molecule has 12 N–H and O–H groups in total. The van der Waals surface area contributed by atoms with E-state index in [1.807, 2.05) is 41.5 Å². The fourth-order valence-electron chi connectivity index (χ4n) is 6.59. The highest BCUT2D eigenvalue weighted by Gasteiger charge is 2.41. The van der Waals surface area contributed by atoms with Crippen LogP contribution in [0.2, 0.25) is 15.7 Å². The van der Waals surface area contributed by atoms with E-state index in [0.29, 0.717) is 61.1 Å². The predicted octanol–water partition coefficient (Wildman–Crippen LogP) is 2.79. The van der Waals surface area contributed by atoms with Gasteiger partial charge in [0.15, 0.2) is 11.6 Å². The first-order chi connectivity index (χ1) is 31.3. The molecule has 0 bridgehead atoms. The monoisotopic (exact) mass is 981 g/mol. The summed E-state index contributed by atoms with van der Waals surface area (Å²) in [7, 11) is 0. The van der Waals surface area contributed by atoms with Gasteiger partial charge in [0.25, 0.3) is 5.91 Å². The van der Waals surface area contributed by atoms with Crippen molar-refractivity contribution in [3.8, 4) is 5.75 Å². The molecule has 0 aliphatic carbocycles. The highest BCUT2D eigenvalue weighted by atomic mass is 35.5. The molecule has 24 heteroatoms. The van der Waals surface area contributed by atoms with Gasteiger partial charge in [-0.05, 0) is 107 Å². The Morgan fingerprint density at radius 2 is 1.36 bits per heavy atom. The number of aliphatic hydroxyl groups excluding tert-OH is 2. The molecule has 0 radical (unpaired) electrons. The summed E-state index contributed by atoms with van der Waals surface area (Å²) in [6.45, 7) is 13.6. The summed E-state index contributed by atoms with van der Waals surface area (Å²) in [5, 5.41) is 27.2. The fourth-order valence-corrected chi connectivity index (χ4v) is 7.07. The Bertz CT molecular complexity index is 2100. The lowest BCUT2D eigenvalue weighted by atomic mass is 10.1. The average Bonchev–Trinajstić information content (AvgIpc) is 3.97. The number of aromatic nitrogens is 6. The Balaban J connectivity index is 0.000000217. The molecule has 7 rings (SSSR count). The standard InChI is InChI=1S/C20H27N5O4.C11H17ClN4O2.C7H16N2O2.C4H2Cl2N2/c1-12(2)23-20-22-7-5-18(24-20)25(11-16(27)15(26)10-21)19(28)14-3-4-17-13(9-14)6-8-29-17;1-11(2)17-7(5-13)8(18-11)6-15-9-3-4-14-10(12)16-9;1-7(2)10-5(3-8)6(4-9)11-7;5-3-1-2-7-4(6)8-3/h3-5,7,9,12,15-16,26-27H,6,8,10-11,21H2,1-2H3,(H,22,23,24);3-4,7-8H,5-6,13H2,1-2H3,(H,14,15,16);5-6H,3-4,8-9H2,1-2H3;1-2H/t15-,16?;7-,8?;5-,6?;/m000./s1. The minimum absolute atomic E-state index is 0.0463. The average molecular weight is 983 g/mol. The molecule has 1 aromatic carbocycles. The van der Waals surface area contributed by atoms with E-state index in [1.54, 1.807) is 42.6 Å². The first kappa shape index (κ1) is 54.4. The topological polar surface area (TPSA) is 312 Å². The minimum atomic E-state index is -1.22. The smallest absolute Gasteiger partial charge is 0.259 e. The van der Waals surface area contributed by atoms with Crippen molar-refractivity contribution in [2.45, 2.75) is 102 Å². The summed E-state index contributed by atoms with van der Waals surface area (Å²) in [5.41, 5.74) is 23.4. The van der Waals surface area contributed by atoms with Gasteiger partial charge in [-0.3, -0.25) is 9.69 Å². The van der Waals surface area contributed by atoms with Crippen molar-refractivity contribution in [3.05, 3.63) is 81.8 Å². The van der Waals surface area contributed by atoms with Crippen LogP contribution in [0.4, 0.5) is 17.6 Å². The second-order valence-electron chi connectivity index (χ2n) is 16.1. The number of nitrogens with one attached hydrogen (secondary N) is 2. The van der Waals surface area contributed by atoms with Crippen LogP contribution in [0.3, 0.4) is 0 Å². The van der Waals surface area contributed by atoms with E-state index in [4.69, 9.17) is 81.4 Å². The third kappa shape index (κ3) is 17.1. The second kappa shape index (κ2) is 25.8. The number of anilines is 3. The van der Waals surface area contributed by atoms with Crippen molar-refractivity contribution in [2.75, 3.05) is 61.4 Å². The number of rotatable bonds is 14. The molecule has 6 heterocycles. The number of aliphatic hydroxyl groups is 2. The summed E-state index contributed by atoms with van der Waals surface area (Å²) < 4.78 is 27.9. The van der Waals surface area contributed by atoms with Crippen LogP contribution >= 0.6 is 34.8 Å². The quantitative estimate of drug-likeness (QED) is 0.0665. The first-order valence-corrected chi connectivity index (χ1v) is 22.3. The Kier molecular flexibility index (Phi) is 21.3. The number of ether oxygens (including phenoxy) is 5. The number of halogens is 3. The zero-order chi connectivity index (χ0) is 48.6. The molecule has 0 spiro atoms. The molecular weight excluding hydrogens is 921 g/mol. The summed E-state index contributed by atoms with van der Waals surface area (Å²) >= 11 is 16.5. The number of amides is 1. The summed E-state index contributed by atoms with van der Waals surface area (Å²) in [6.07, 6.45) is 2.66. The highest BCUT2D eigenvalue weighted by molar-refractivity contribution is 6.31. The largest absolute Gasteiger partial charge is 0.493 e. The molecule has 3 aliphatic rings. The zero-order valence-corrected chi connectivity index (χ0v) is 40.1. The van der Waals surface area contributed by atoms with E-state index in [9.17, 15) is 15.0 Å². The van der Waals surface area contributed by atoms with Crippen LogP contribution < -0.4 is 43.2 Å². The number of nitrogens with zero attached hydrogens (tertiary/aromatic N) is 7. The van der Waals surface area contributed by atoms with Gasteiger partial charge in [-0.15, -0.1) is 0 Å². The van der Waals surface area contributed by atoms with Gasteiger partial charge in [-0.1, -0.05) is 11.6 Å². The van der Waals surface area contributed by atoms with Gasteiger partial charge in [0.2, 0.25) is 16.5 Å². The van der Waals surface area contributed by atoms with Crippen LogP contribution in [0.5, 0.6) is 5.75 Å². The lowest BCUT2D eigenvalue weighted by Gasteiger charge is -2.27. The van der Waals surface area contributed by atoms with E-state index in [2.05, 4.69) is 40.5 Å². The molecule has 1 amide bonds. The number of benzene rings is 1. The molecule has 3 unspecified atom stereocenters. The van der Waals surface area contributed by atoms with Crippen molar-refractivity contribution < 1.29 is 38.7 Å². The van der Waals surface area contributed by atoms with Crippen LogP contribution in [0.25, 0.3) is 0 Å². The van der Waals surface area contributed by atoms with E-state index in [1.165, 1.54) is 17.3 Å². The van der Waals surface area contributed by atoms with Crippen LogP contribution in [-0.2, 0) is 25.4 Å². The Morgan fingerprint density at radius 1 is 0.788 bits per heavy atom. The van der Waals surface area contributed by atoms with Crippen molar-refractivity contribution in [1.82, 2.24) is 29.9 Å². The maximum Gasteiger partial charge on any atom is 0.259 e. The first-order valence-electron chi connectivity index (χ1n) is 21.2. The molecule has 3 aromatic heterocycles. The number of carbonyl (C=O) groups excluding carboxylic acids is 1. The number of hydrogen-bond acceptors (Lipinski definition) is 20. The predicted molar refractivity (Wildman–Crippen MR) is 252 cm³/mol. The van der Waals surface area contributed by atoms with Crippen molar-refractivity contribution in [3.63, 3.8) is 0 Å². The van der Waals surface area contributed by atoms with E-state index >= 15 is 0 Å². The van der Waals surface area contributed by atoms with Crippen LogP contribution in [-0.4, -0.2) is 146 Å². The number of fused-ring (bicyclic) bond motifs is 1. The third-order valence-corrected chi connectivity index (χ3v) is 10.1. The molecule has 66 heavy (non-hydrogen) atoms. The summed E-state index contributed by atoms with van der Waals surface area (Å²) in [5.74, 6) is 0.640. The van der Waals surface area contributed by atoms with Crippen molar-refractivity contribution in [1.29, 1.82) is 0 Å². The Labute approximate surface area is 399 Å². The van der Waals surface area contributed by atoms with Crippen molar-refractivity contribution in [2.24, 2.45) is 22.9 Å². The van der Waals surface area contributed by atoms with Gasteiger partial charge < -0.3 is 67.5 Å². The maximum absolute atomic E-state index is 13.3. The third-order valence-electron chi connectivity index (χ3n) is 9.54. The van der Waals surface area contributed by atoms with Crippen LogP contribution in [0, 0.1) is 0 Å². The fraction of sp³-hybridized carbons (Fsp3) is 0.548. The van der Waals surface area contributed by atoms with Gasteiger partial charge in [0, 0.05) is 69.3 Å². The molecule has 0 saturated carbocycles. The van der Waals surface area contributed by atoms with Crippen molar-refractivity contribution >= 4 is 58.3 Å². The summed E-state index contributed by atoms with van der Waals surface area (Å²) in [6, 6.07) is 10.2. The van der Waals surface area contributed by atoms with Crippen LogP contribution in [0.1, 0.15) is 57.5 Å². The van der Waals surface area contributed by atoms with Gasteiger partial charge in [-0.25, -0.2) is 24.9 Å². The van der Waals surface area contributed by atoms with Gasteiger partial charge in [-0.2, -0.15) is 4.98 Å². The molecule has 2 fully saturated rings. The van der Waals surface area contributed by atoms with Gasteiger partial charge >= 0.3 is 0 Å². The number of hydrogen-bond donors (Lipinski definition) is 8. The van der Waals surface area contributed by atoms with Gasteiger partial charge in [0.1, 0.15) is 47.0 Å². The molecule has 21 nitrogen and oxygen atoms in total. The molecule has 4 aromatic rings. The molecule has 3 aliphatic heterocycles. The SMILES string of the molecule is CC(C)Nc1nccc(N(CC(O)[C@@H](O)CN)C(=O)c2ccc3c(c2)CCO3)n1.CC1(C)OC(CN)[C@H](CN)O1.CC1(C)OC(CNc2ccnc(Cl)n2)[C@H](CN)O1.Clc1ccnc(Cl)n1. The Hall–Kier alpha value is -4.20. The highest BCUT2D eigenvalue weighted by Crippen LogP contribution is 2.29. The molecule has 2 saturated heterocycles. The lowest BCUT2D eigenvalue weighted by Crippen LogP contribution is -2.45. The molecule has 6 atom stereocenters. The van der Waals surface area contributed by atoms with Gasteiger partial charge in [0.05, 0.1) is 25.4 Å².